The molecule has 7 heteroatoms. The maximum atomic E-state index is 13.1. The van der Waals surface area contributed by atoms with Gasteiger partial charge in [0.2, 0.25) is 5.71 Å². The van der Waals surface area contributed by atoms with Crippen LogP contribution in [0.15, 0.2) is 33.6 Å². The molecule has 28 heavy (non-hydrogen) atoms. The number of furan rings is 2. The maximum Gasteiger partial charge on any atom is 0.255 e. The summed E-state index contributed by atoms with van der Waals surface area (Å²) in [5.74, 6) is 2.16. The van der Waals surface area contributed by atoms with E-state index in [1.165, 1.54) is 12.7 Å². The Kier molecular flexibility index (Phi) is 5.32. The molecule has 0 radical (unpaired) electrons. The van der Waals surface area contributed by atoms with Crippen molar-refractivity contribution in [2.45, 2.75) is 52.0 Å². The fourth-order valence-electron chi connectivity index (χ4n) is 3.83. The van der Waals surface area contributed by atoms with E-state index in [0.29, 0.717) is 17.0 Å². The summed E-state index contributed by atoms with van der Waals surface area (Å²) in [6.07, 6.45) is 8.26. The molecule has 1 saturated heterocycles. The topological polar surface area (TPSA) is 84.4 Å². The summed E-state index contributed by atoms with van der Waals surface area (Å²) in [7, 11) is 0. The number of nitrogens with one attached hydrogen (secondary N) is 1. The van der Waals surface area contributed by atoms with Gasteiger partial charge in [-0.25, -0.2) is 9.97 Å². The van der Waals surface area contributed by atoms with Crippen molar-refractivity contribution < 1.29 is 13.6 Å². The first-order valence-corrected chi connectivity index (χ1v) is 9.96. The van der Waals surface area contributed by atoms with E-state index in [9.17, 15) is 4.79 Å². The Morgan fingerprint density at radius 3 is 2.86 bits per heavy atom. The monoisotopic (exact) mass is 382 g/mol. The minimum atomic E-state index is -0.142. The van der Waals surface area contributed by atoms with Gasteiger partial charge in [0.05, 0.1) is 17.2 Å². The minimum absolute atomic E-state index is 0.00465. The third kappa shape index (κ3) is 3.74. The number of anilines is 1. The van der Waals surface area contributed by atoms with Crippen molar-refractivity contribution in [1.82, 2.24) is 15.3 Å². The van der Waals surface area contributed by atoms with Gasteiger partial charge in [0.25, 0.3) is 5.91 Å². The molecule has 4 heterocycles. The smallest absolute Gasteiger partial charge is 0.255 e. The first-order valence-electron chi connectivity index (χ1n) is 9.96. The second-order valence-electron chi connectivity index (χ2n) is 7.45. The highest BCUT2D eigenvalue weighted by Gasteiger charge is 2.26. The van der Waals surface area contributed by atoms with E-state index in [4.69, 9.17) is 8.83 Å². The van der Waals surface area contributed by atoms with E-state index in [2.05, 4.69) is 20.2 Å². The number of carbonyl (C=O) groups excluding carboxylic acids is 1. The maximum absolute atomic E-state index is 13.1. The lowest BCUT2D eigenvalue weighted by atomic mass is 10.1. The molecule has 0 aliphatic carbocycles. The predicted octanol–water partition coefficient (Wildman–Crippen LogP) is 3.87. The minimum Gasteiger partial charge on any atom is -0.469 e. The van der Waals surface area contributed by atoms with Gasteiger partial charge in [-0.1, -0.05) is 0 Å². The van der Waals surface area contributed by atoms with Crippen molar-refractivity contribution in [3.63, 3.8) is 0 Å². The van der Waals surface area contributed by atoms with Crippen LogP contribution < -0.4 is 10.2 Å². The highest BCUT2D eigenvalue weighted by atomic mass is 16.3. The molecule has 0 unspecified atom stereocenters. The van der Waals surface area contributed by atoms with Crippen molar-refractivity contribution >= 4 is 22.8 Å². The Morgan fingerprint density at radius 1 is 1.29 bits per heavy atom. The number of rotatable bonds is 6. The number of amides is 1. The summed E-state index contributed by atoms with van der Waals surface area (Å²) in [4.78, 5) is 24.1. The average molecular weight is 382 g/mol. The second kappa shape index (κ2) is 8.04. The van der Waals surface area contributed by atoms with Crippen LogP contribution in [0.5, 0.6) is 0 Å². The van der Waals surface area contributed by atoms with Crippen molar-refractivity contribution in [1.29, 1.82) is 0 Å². The van der Waals surface area contributed by atoms with Crippen LogP contribution in [0.25, 0.3) is 11.1 Å². The number of hydrogen-bond acceptors (Lipinski definition) is 6. The van der Waals surface area contributed by atoms with Crippen LogP contribution in [0.3, 0.4) is 0 Å². The predicted molar refractivity (Wildman–Crippen MR) is 107 cm³/mol. The van der Waals surface area contributed by atoms with Crippen LogP contribution in [-0.2, 0) is 6.42 Å². The van der Waals surface area contributed by atoms with Gasteiger partial charge in [-0.05, 0) is 51.7 Å². The summed E-state index contributed by atoms with van der Waals surface area (Å²) in [5.41, 5.74) is 1.02. The Hall–Kier alpha value is -2.83. The summed E-state index contributed by atoms with van der Waals surface area (Å²) in [6, 6.07) is 3.83. The van der Waals surface area contributed by atoms with Crippen LogP contribution in [0.1, 0.15) is 54.5 Å². The Balaban J connectivity index is 1.56. The lowest BCUT2D eigenvalue weighted by molar-refractivity contribution is 0.0938. The van der Waals surface area contributed by atoms with Crippen molar-refractivity contribution in [3.05, 3.63) is 41.8 Å². The van der Waals surface area contributed by atoms with Crippen LogP contribution in [-0.4, -0.2) is 35.0 Å². The molecule has 7 nitrogen and oxygen atoms in total. The van der Waals surface area contributed by atoms with Crippen LogP contribution in [0.2, 0.25) is 0 Å². The first kappa shape index (κ1) is 18.5. The van der Waals surface area contributed by atoms with Crippen molar-refractivity contribution in [2.75, 3.05) is 18.0 Å². The van der Waals surface area contributed by atoms with E-state index < -0.39 is 0 Å². The van der Waals surface area contributed by atoms with E-state index in [1.807, 2.05) is 26.0 Å². The fourth-order valence-corrected chi connectivity index (χ4v) is 3.83. The molecule has 0 bridgehead atoms. The van der Waals surface area contributed by atoms with Gasteiger partial charge in [-0.3, -0.25) is 4.79 Å². The molecule has 0 saturated carbocycles. The normalized spacial score (nSPS) is 15.7. The number of nitrogens with zero attached hydrogens (tertiary/aromatic N) is 3. The van der Waals surface area contributed by atoms with Crippen LogP contribution in [0, 0.1) is 6.92 Å². The van der Waals surface area contributed by atoms with E-state index >= 15 is 0 Å². The van der Waals surface area contributed by atoms with Crippen molar-refractivity contribution in [2.24, 2.45) is 0 Å². The summed E-state index contributed by atoms with van der Waals surface area (Å²) >= 11 is 0. The zero-order valence-electron chi connectivity index (χ0n) is 16.4. The fraction of sp³-hybridized carbons (Fsp3) is 0.476. The van der Waals surface area contributed by atoms with Gasteiger partial charge < -0.3 is 19.1 Å². The molecule has 1 fully saturated rings. The standard InChI is InChI=1S/C21H26N4O3/c1-14(8-9-16-7-6-12-27-16)24-20(26)17-15(2)28-21-18(17)19(22-13-23-21)25-10-4-3-5-11-25/h6-7,12-14H,3-5,8-11H2,1-2H3,(H,24,26)/t14-/m0/s1. The van der Waals surface area contributed by atoms with Gasteiger partial charge in [0.1, 0.15) is 23.7 Å². The number of carbonyl (C=O) groups is 1. The third-order valence-electron chi connectivity index (χ3n) is 5.31. The summed E-state index contributed by atoms with van der Waals surface area (Å²) in [5, 5.41) is 3.81. The van der Waals surface area contributed by atoms with Gasteiger partial charge in [-0.2, -0.15) is 0 Å². The van der Waals surface area contributed by atoms with E-state index in [1.54, 1.807) is 6.26 Å². The number of hydrogen-bond donors (Lipinski definition) is 1. The molecular weight excluding hydrogens is 356 g/mol. The van der Waals surface area contributed by atoms with Gasteiger partial charge in [0, 0.05) is 25.6 Å². The van der Waals surface area contributed by atoms with Gasteiger partial charge in [-0.15, -0.1) is 0 Å². The molecule has 1 aliphatic heterocycles. The molecule has 3 aromatic heterocycles. The SMILES string of the molecule is Cc1oc2ncnc(N3CCCCC3)c2c1C(=O)N[C@@H](C)CCc1ccco1. The van der Waals surface area contributed by atoms with E-state index in [-0.39, 0.29) is 11.9 Å². The van der Waals surface area contributed by atoms with Crippen LogP contribution in [0.4, 0.5) is 5.82 Å². The lowest BCUT2D eigenvalue weighted by Crippen LogP contribution is -2.34. The molecule has 1 amide bonds. The first-order chi connectivity index (χ1) is 13.6. The number of aryl methyl sites for hydroxylation is 2. The molecule has 1 N–H and O–H groups in total. The Labute approximate surface area is 164 Å². The molecule has 1 aliphatic rings. The Morgan fingerprint density at radius 2 is 2.11 bits per heavy atom. The van der Waals surface area contributed by atoms with Gasteiger partial charge in [0.15, 0.2) is 0 Å². The molecule has 4 rings (SSSR count). The molecule has 0 aromatic carbocycles. The molecule has 1 atom stereocenters. The molecular formula is C21H26N4O3. The highest BCUT2D eigenvalue weighted by Crippen LogP contribution is 2.32. The quantitative estimate of drug-likeness (QED) is 0.697. The molecule has 0 spiro atoms. The number of fused-ring (bicyclic) bond motifs is 1. The Bertz CT molecular complexity index is 942. The summed E-state index contributed by atoms with van der Waals surface area (Å²) in [6.45, 7) is 5.69. The summed E-state index contributed by atoms with van der Waals surface area (Å²) < 4.78 is 11.2. The van der Waals surface area contributed by atoms with Crippen molar-refractivity contribution in [3.8, 4) is 0 Å². The second-order valence-corrected chi connectivity index (χ2v) is 7.45. The van der Waals surface area contributed by atoms with Gasteiger partial charge >= 0.3 is 0 Å². The lowest BCUT2D eigenvalue weighted by Gasteiger charge is -2.28. The largest absolute Gasteiger partial charge is 0.469 e. The van der Waals surface area contributed by atoms with E-state index in [0.717, 1.165) is 55.7 Å². The number of aromatic nitrogens is 2. The highest BCUT2D eigenvalue weighted by molar-refractivity contribution is 6.10. The zero-order valence-corrected chi connectivity index (χ0v) is 16.4. The zero-order chi connectivity index (χ0) is 19.5. The third-order valence-corrected chi connectivity index (χ3v) is 5.31. The number of piperidine rings is 1. The molecule has 148 valence electrons. The average Bonchev–Trinajstić information content (AvgIpc) is 3.33. The van der Waals surface area contributed by atoms with Crippen LogP contribution >= 0.6 is 0 Å². The molecule has 3 aromatic rings.